The monoisotopic (exact) mass is 333 g/mol. The Hall–Kier alpha value is -1.15. The second-order valence-corrected chi connectivity index (χ2v) is 8.17. The molecular formula is C14H27N3O4S. The lowest BCUT2D eigenvalue weighted by Crippen LogP contribution is -2.55. The molecule has 1 aliphatic heterocycles. The molecule has 8 heteroatoms. The normalized spacial score (nSPS) is 19.5. The van der Waals surface area contributed by atoms with Gasteiger partial charge in [-0.05, 0) is 19.8 Å². The van der Waals surface area contributed by atoms with Gasteiger partial charge in [-0.3, -0.25) is 9.59 Å². The lowest BCUT2D eigenvalue weighted by Gasteiger charge is -2.33. The molecule has 0 aromatic heterocycles. The summed E-state index contributed by atoms with van der Waals surface area (Å²) in [4.78, 5) is 26.2. The molecule has 1 aliphatic rings. The van der Waals surface area contributed by atoms with E-state index in [1.807, 2.05) is 13.8 Å². The second-order valence-electron chi connectivity index (χ2n) is 5.86. The molecule has 7 nitrogen and oxygen atoms in total. The highest BCUT2D eigenvalue weighted by atomic mass is 32.2. The van der Waals surface area contributed by atoms with Crippen LogP contribution in [0.2, 0.25) is 0 Å². The lowest BCUT2D eigenvalue weighted by molar-refractivity contribution is -0.139. The molecule has 2 amide bonds. The van der Waals surface area contributed by atoms with Crippen molar-refractivity contribution in [1.29, 1.82) is 0 Å². The number of amides is 2. The van der Waals surface area contributed by atoms with E-state index in [9.17, 15) is 18.0 Å². The van der Waals surface area contributed by atoms with Gasteiger partial charge in [-0.15, -0.1) is 0 Å². The van der Waals surface area contributed by atoms with Crippen molar-refractivity contribution in [2.75, 3.05) is 31.1 Å². The molecular weight excluding hydrogens is 306 g/mol. The number of hydrogen-bond donors (Lipinski definition) is 2. The van der Waals surface area contributed by atoms with Crippen molar-refractivity contribution in [3.8, 4) is 0 Å². The summed E-state index contributed by atoms with van der Waals surface area (Å²) in [5.74, 6) is -0.501. The Morgan fingerprint density at radius 3 is 2.14 bits per heavy atom. The first kappa shape index (κ1) is 18.9. The highest BCUT2D eigenvalue weighted by Crippen LogP contribution is 2.25. The van der Waals surface area contributed by atoms with Crippen molar-refractivity contribution in [3.63, 3.8) is 0 Å². The van der Waals surface area contributed by atoms with E-state index in [2.05, 4.69) is 5.32 Å². The van der Waals surface area contributed by atoms with Crippen LogP contribution in [0.15, 0.2) is 0 Å². The van der Waals surface area contributed by atoms with E-state index in [4.69, 9.17) is 5.73 Å². The van der Waals surface area contributed by atoms with Crippen LogP contribution in [0.4, 0.5) is 0 Å². The van der Waals surface area contributed by atoms with Gasteiger partial charge in [0.05, 0.1) is 16.9 Å². The van der Waals surface area contributed by atoms with E-state index < -0.39 is 21.3 Å². The van der Waals surface area contributed by atoms with Gasteiger partial charge in [0.15, 0.2) is 9.84 Å². The Balaban J connectivity index is 2.66. The summed E-state index contributed by atoms with van der Waals surface area (Å²) in [7, 11) is -3.03. The Labute approximate surface area is 132 Å². The molecule has 0 radical (unpaired) electrons. The molecule has 0 saturated carbocycles. The van der Waals surface area contributed by atoms with Gasteiger partial charge in [0.1, 0.15) is 6.04 Å². The zero-order chi connectivity index (χ0) is 17.0. The number of hydrogen-bond acceptors (Lipinski definition) is 5. The van der Waals surface area contributed by atoms with Gasteiger partial charge >= 0.3 is 0 Å². The van der Waals surface area contributed by atoms with Gasteiger partial charge in [0.2, 0.25) is 11.8 Å². The zero-order valence-electron chi connectivity index (χ0n) is 13.6. The fourth-order valence-corrected chi connectivity index (χ4v) is 3.77. The van der Waals surface area contributed by atoms with Crippen LogP contribution in [0.25, 0.3) is 0 Å². The van der Waals surface area contributed by atoms with Gasteiger partial charge in [0, 0.05) is 19.6 Å². The maximum Gasteiger partial charge on any atom is 0.244 e. The maximum absolute atomic E-state index is 12.4. The third-order valence-corrected chi connectivity index (χ3v) is 6.21. The van der Waals surface area contributed by atoms with E-state index in [1.54, 1.807) is 6.92 Å². The molecule has 0 spiro atoms. The van der Waals surface area contributed by atoms with E-state index in [1.165, 1.54) is 4.90 Å². The first-order valence-electron chi connectivity index (χ1n) is 7.71. The van der Waals surface area contributed by atoms with Gasteiger partial charge < -0.3 is 16.0 Å². The summed E-state index contributed by atoms with van der Waals surface area (Å²) < 4.78 is 22.8. The number of rotatable bonds is 6. The number of carbonyl (C=O) groups is 2. The fourth-order valence-electron chi connectivity index (χ4n) is 2.57. The molecule has 1 heterocycles. The predicted octanol–water partition coefficient (Wildman–Crippen LogP) is -0.487. The van der Waals surface area contributed by atoms with Gasteiger partial charge in [0.25, 0.3) is 0 Å². The minimum absolute atomic E-state index is 0.0178. The standard InChI is InChI=1S/C14H27N3O4S/c1-4-14(5-2,10-15)13(19)16-11(3)12(18)17-6-8-22(20,21)9-7-17/h11H,4-10,15H2,1-3H3,(H,16,19). The van der Waals surface area contributed by atoms with Gasteiger partial charge in [-0.1, -0.05) is 13.8 Å². The fraction of sp³-hybridized carbons (Fsp3) is 0.857. The number of nitrogens with one attached hydrogen (secondary N) is 1. The molecule has 22 heavy (non-hydrogen) atoms. The molecule has 3 N–H and O–H groups in total. The molecule has 0 aliphatic carbocycles. The summed E-state index contributed by atoms with van der Waals surface area (Å²) in [6.45, 7) is 6.02. The minimum Gasteiger partial charge on any atom is -0.344 e. The molecule has 1 unspecified atom stereocenters. The Bertz CT molecular complexity index is 492. The van der Waals surface area contributed by atoms with Gasteiger partial charge in [-0.2, -0.15) is 0 Å². The summed E-state index contributed by atoms with van der Waals surface area (Å²) in [6.07, 6.45) is 1.21. The Morgan fingerprint density at radius 2 is 1.73 bits per heavy atom. The first-order valence-corrected chi connectivity index (χ1v) is 9.53. The van der Waals surface area contributed by atoms with Crippen LogP contribution < -0.4 is 11.1 Å². The van der Waals surface area contributed by atoms with Crippen LogP contribution >= 0.6 is 0 Å². The van der Waals surface area contributed by atoms with Crippen molar-refractivity contribution in [3.05, 3.63) is 0 Å². The van der Waals surface area contributed by atoms with Gasteiger partial charge in [-0.25, -0.2) is 8.42 Å². The summed E-state index contributed by atoms with van der Waals surface area (Å²) in [6, 6.07) is -0.683. The smallest absolute Gasteiger partial charge is 0.244 e. The first-order chi connectivity index (χ1) is 10.2. The van der Waals surface area contributed by atoms with Crippen molar-refractivity contribution in [2.24, 2.45) is 11.1 Å². The van der Waals surface area contributed by atoms with Crippen LogP contribution in [0.3, 0.4) is 0 Å². The number of nitrogens with two attached hydrogens (primary N) is 1. The van der Waals surface area contributed by atoms with E-state index in [0.717, 1.165) is 0 Å². The number of carbonyl (C=O) groups excluding carboxylic acids is 2. The third kappa shape index (κ3) is 4.19. The summed E-state index contributed by atoms with van der Waals surface area (Å²) in [5.41, 5.74) is 5.08. The van der Waals surface area contributed by atoms with E-state index >= 15 is 0 Å². The zero-order valence-corrected chi connectivity index (χ0v) is 14.4. The van der Waals surface area contributed by atoms with Crippen LogP contribution in [-0.2, 0) is 19.4 Å². The average molecular weight is 333 g/mol. The lowest BCUT2D eigenvalue weighted by atomic mass is 9.81. The topological polar surface area (TPSA) is 110 Å². The number of sulfone groups is 1. The average Bonchev–Trinajstić information content (AvgIpc) is 2.49. The van der Waals surface area contributed by atoms with Crippen molar-refractivity contribution < 1.29 is 18.0 Å². The largest absolute Gasteiger partial charge is 0.344 e. The molecule has 1 rings (SSSR count). The third-order valence-electron chi connectivity index (χ3n) is 4.60. The molecule has 0 bridgehead atoms. The summed E-state index contributed by atoms with van der Waals surface area (Å²) in [5, 5.41) is 2.73. The van der Waals surface area contributed by atoms with Crippen molar-refractivity contribution in [1.82, 2.24) is 10.2 Å². The molecule has 128 valence electrons. The Kier molecular flexibility index (Phi) is 6.37. The van der Waals surface area contributed by atoms with E-state index in [0.29, 0.717) is 12.8 Å². The predicted molar refractivity (Wildman–Crippen MR) is 84.9 cm³/mol. The van der Waals surface area contributed by atoms with Crippen molar-refractivity contribution in [2.45, 2.75) is 39.7 Å². The molecule has 0 aromatic carbocycles. The number of nitrogens with zero attached hydrogens (tertiary/aromatic N) is 1. The minimum atomic E-state index is -3.03. The molecule has 0 aromatic rings. The highest BCUT2D eigenvalue weighted by Gasteiger charge is 2.36. The van der Waals surface area contributed by atoms with Crippen LogP contribution in [-0.4, -0.2) is 62.3 Å². The Morgan fingerprint density at radius 1 is 1.23 bits per heavy atom. The highest BCUT2D eigenvalue weighted by molar-refractivity contribution is 7.91. The van der Waals surface area contributed by atoms with Crippen LogP contribution in [0.5, 0.6) is 0 Å². The summed E-state index contributed by atoms with van der Waals surface area (Å²) >= 11 is 0. The SMILES string of the molecule is CCC(CC)(CN)C(=O)NC(C)C(=O)N1CCS(=O)(=O)CC1. The quantitative estimate of drug-likeness (QED) is 0.682. The van der Waals surface area contributed by atoms with Crippen molar-refractivity contribution >= 4 is 21.7 Å². The second kappa shape index (κ2) is 7.41. The molecule has 1 fully saturated rings. The van der Waals surface area contributed by atoms with E-state index in [-0.39, 0.29) is 43.0 Å². The maximum atomic E-state index is 12.4. The molecule has 1 saturated heterocycles. The van der Waals surface area contributed by atoms with Crippen LogP contribution in [0.1, 0.15) is 33.6 Å². The molecule has 1 atom stereocenters. The van der Waals surface area contributed by atoms with Crippen LogP contribution in [0, 0.1) is 5.41 Å².